The molecular weight excluding hydrogens is 466 g/mol. The number of carbonyl (C=O) groups is 2. The number of thioether (sulfide) groups is 1. The molecule has 1 aromatic heterocycles. The first kappa shape index (κ1) is 24.7. The van der Waals surface area contributed by atoms with Crippen molar-refractivity contribution in [1.82, 2.24) is 19.7 Å². The van der Waals surface area contributed by atoms with Crippen molar-refractivity contribution < 1.29 is 19.1 Å². The highest BCUT2D eigenvalue weighted by Gasteiger charge is 2.24. The van der Waals surface area contributed by atoms with Crippen LogP contribution in [-0.4, -0.2) is 58.0 Å². The summed E-state index contributed by atoms with van der Waals surface area (Å²) >= 11 is 1.31. The quantitative estimate of drug-likeness (QED) is 0.333. The monoisotopic (exact) mass is 495 g/mol. The third-order valence-electron chi connectivity index (χ3n) is 5.74. The predicted molar refractivity (Wildman–Crippen MR) is 134 cm³/mol. The van der Waals surface area contributed by atoms with E-state index in [0.29, 0.717) is 34.5 Å². The molecule has 0 saturated carbocycles. The molecule has 1 unspecified atom stereocenters. The fourth-order valence-corrected chi connectivity index (χ4v) is 4.74. The van der Waals surface area contributed by atoms with Crippen molar-refractivity contribution >= 4 is 29.1 Å². The first-order valence-electron chi connectivity index (χ1n) is 11.4. The molecule has 1 N–H and O–H groups in total. The molecule has 9 nitrogen and oxygen atoms in total. The molecule has 35 heavy (non-hydrogen) atoms. The van der Waals surface area contributed by atoms with Crippen LogP contribution in [0.3, 0.4) is 0 Å². The molecule has 3 aromatic rings. The van der Waals surface area contributed by atoms with E-state index in [0.717, 1.165) is 17.8 Å². The number of nitrogens with one attached hydrogen (secondary N) is 1. The van der Waals surface area contributed by atoms with Crippen molar-refractivity contribution in [3.05, 3.63) is 59.4 Å². The molecule has 184 valence electrons. The Labute approximate surface area is 208 Å². The van der Waals surface area contributed by atoms with E-state index in [1.54, 1.807) is 12.1 Å². The maximum absolute atomic E-state index is 12.9. The van der Waals surface area contributed by atoms with Gasteiger partial charge in [-0.25, -0.2) is 0 Å². The first-order chi connectivity index (χ1) is 16.9. The molecule has 2 heterocycles. The van der Waals surface area contributed by atoms with Crippen molar-refractivity contribution in [2.24, 2.45) is 0 Å². The van der Waals surface area contributed by atoms with Gasteiger partial charge in [0.2, 0.25) is 12.7 Å². The van der Waals surface area contributed by atoms with Crippen LogP contribution in [0.4, 0.5) is 5.69 Å². The average Bonchev–Trinajstić information content (AvgIpc) is 3.45. The summed E-state index contributed by atoms with van der Waals surface area (Å²) in [5.74, 6) is 1.53. The summed E-state index contributed by atoms with van der Waals surface area (Å²) in [6.45, 7) is 4.26. The Bertz CT molecular complexity index is 1210. The van der Waals surface area contributed by atoms with Gasteiger partial charge < -0.3 is 19.4 Å². The number of rotatable bonds is 10. The van der Waals surface area contributed by atoms with Gasteiger partial charge in [0.1, 0.15) is 0 Å². The molecule has 1 atom stereocenters. The number of nitrogens with zero attached hydrogens (tertiary/aromatic N) is 4. The number of hydrogen-bond donors (Lipinski definition) is 1. The fourth-order valence-electron chi connectivity index (χ4n) is 4.00. The normalized spacial score (nSPS) is 13.2. The number of ketones is 1. The SMILES string of the molecule is CCC(c1nnc(SCC(=O)Nc2cc3c(cc2C(C)=O)OCO3)n1Cc1ccccc1)N(C)C. The van der Waals surface area contributed by atoms with E-state index in [-0.39, 0.29) is 30.3 Å². The number of Topliss-reactive ketones (excluding diaryl/α,β-unsaturated/α-hetero) is 1. The van der Waals surface area contributed by atoms with Crippen molar-refractivity contribution in [1.29, 1.82) is 0 Å². The summed E-state index contributed by atoms with van der Waals surface area (Å²) in [4.78, 5) is 27.1. The van der Waals surface area contributed by atoms with Gasteiger partial charge in [0, 0.05) is 11.6 Å². The summed E-state index contributed by atoms with van der Waals surface area (Å²) < 4.78 is 12.8. The van der Waals surface area contributed by atoms with Gasteiger partial charge in [-0.15, -0.1) is 10.2 Å². The molecule has 10 heteroatoms. The topological polar surface area (TPSA) is 98.6 Å². The number of aromatic nitrogens is 3. The largest absolute Gasteiger partial charge is 0.454 e. The number of anilines is 1. The Hall–Kier alpha value is -3.37. The second-order valence-corrected chi connectivity index (χ2v) is 9.39. The Kier molecular flexibility index (Phi) is 7.72. The Morgan fingerprint density at radius 2 is 1.86 bits per heavy atom. The summed E-state index contributed by atoms with van der Waals surface area (Å²) in [5, 5.41) is 12.4. The maximum atomic E-state index is 12.9. The minimum atomic E-state index is -0.258. The molecule has 1 aliphatic rings. The van der Waals surface area contributed by atoms with Crippen LogP contribution < -0.4 is 14.8 Å². The predicted octanol–water partition coefficient (Wildman–Crippen LogP) is 4.00. The van der Waals surface area contributed by atoms with Crippen LogP contribution in [0.1, 0.15) is 48.1 Å². The van der Waals surface area contributed by atoms with E-state index in [2.05, 4.69) is 44.0 Å². The van der Waals surface area contributed by atoms with Gasteiger partial charge in [0.05, 0.1) is 24.0 Å². The lowest BCUT2D eigenvalue weighted by Gasteiger charge is -2.23. The van der Waals surface area contributed by atoms with Gasteiger partial charge in [0.25, 0.3) is 0 Å². The lowest BCUT2D eigenvalue weighted by atomic mass is 10.1. The molecule has 0 bridgehead atoms. The summed E-state index contributed by atoms with van der Waals surface area (Å²) in [6.07, 6.45) is 0.878. The minimum absolute atomic E-state index is 0.0883. The third kappa shape index (κ3) is 5.66. The highest BCUT2D eigenvalue weighted by molar-refractivity contribution is 7.99. The first-order valence-corrected chi connectivity index (χ1v) is 12.4. The second-order valence-electron chi connectivity index (χ2n) is 8.44. The van der Waals surface area contributed by atoms with Crippen LogP contribution in [0.15, 0.2) is 47.6 Å². The summed E-state index contributed by atoms with van der Waals surface area (Å²) in [7, 11) is 4.04. The molecule has 0 radical (unpaired) electrons. The molecule has 1 aliphatic heterocycles. The summed E-state index contributed by atoms with van der Waals surface area (Å²) in [5.41, 5.74) is 1.90. The zero-order valence-electron chi connectivity index (χ0n) is 20.3. The molecule has 0 saturated heterocycles. The molecular formula is C25H29N5O4S. The molecule has 0 fully saturated rings. The molecule has 1 amide bonds. The van der Waals surface area contributed by atoms with E-state index in [4.69, 9.17) is 9.47 Å². The van der Waals surface area contributed by atoms with Crippen molar-refractivity contribution in [3.63, 3.8) is 0 Å². The Morgan fingerprint density at radius 1 is 1.14 bits per heavy atom. The molecule has 4 rings (SSSR count). The second kappa shape index (κ2) is 10.9. The number of carbonyl (C=O) groups excluding carboxylic acids is 2. The van der Waals surface area contributed by atoms with Crippen LogP contribution in [0, 0.1) is 0 Å². The van der Waals surface area contributed by atoms with Gasteiger partial charge in [-0.2, -0.15) is 0 Å². The zero-order valence-corrected chi connectivity index (χ0v) is 21.1. The van der Waals surface area contributed by atoms with E-state index in [1.807, 2.05) is 32.3 Å². The van der Waals surface area contributed by atoms with E-state index >= 15 is 0 Å². The van der Waals surface area contributed by atoms with E-state index in [1.165, 1.54) is 18.7 Å². The lowest BCUT2D eigenvalue weighted by molar-refractivity contribution is -0.113. The standard InChI is InChI=1S/C25H29N5O4S/c1-5-20(29(3)4)24-27-28-25(30(24)13-17-9-7-6-8-10-17)35-14-23(32)26-19-12-22-21(33-15-34-22)11-18(19)16(2)31/h6-12,20H,5,13-15H2,1-4H3,(H,26,32). The van der Waals surface area contributed by atoms with Crippen molar-refractivity contribution in [3.8, 4) is 11.5 Å². The lowest BCUT2D eigenvalue weighted by Crippen LogP contribution is -2.23. The molecule has 2 aromatic carbocycles. The van der Waals surface area contributed by atoms with Gasteiger partial charge in [0.15, 0.2) is 28.3 Å². The van der Waals surface area contributed by atoms with Gasteiger partial charge in [-0.05, 0) is 39.1 Å². The Balaban J connectivity index is 1.53. The van der Waals surface area contributed by atoms with Crippen LogP contribution in [0.2, 0.25) is 0 Å². The van der Waals surface area contributed by atoms with E-state index in [9.17, 15) is 9.59 Å². The van der Waals surface area contributed by atoms with Gasteiger partial charge in [-0.1, -0.05) is 49.0 Å². The number of hydrogen-bond acceptors (Lipinski definition) is 8. The Morgan fingerprint density at radius 3 is 2.51 bits per heavy atom. The number of amides is 1. The highest BCUT2D eigenvalue weighted by Crippen LogP contribution is 2.37. The smallest absolute Gasteiger partial charge is 0.234 e. The van der Waals surface area contributed by atoms with Crippen molar-refractivity contribution in [2.45, 2.75) is 38.0 Å². The van der Waals surface area contributed by atoms with Crippen LogP contribution in [0.5, 0.6) is 11.5 Å². The fraction of sp³-hybridized carbons (Fsp3) is 0.360. The minimum Gasteiger partial charge on any atom is -0.454 e. The van der Waals surface area contributed by atoms with Gasteiger partial charge >= 0.3 is 0 Å². The molecule has 0 aliphatic carbocycles. The average molecular weight is 496 g/mol. The van der Waals surface area contributed by atoms with Crippen LogP contribution >= 0.6 is 11.8 Å². The number of ether oxygens (including phenoxy) is 2. The zero-order chi connectivity index (χ0) is 24.9. The highest BCUT2D eigenvalue weighted by atomic mass is 32.2. The maximum Gasteiger partial charge on any atom is 0.234 e. The van der Waals surface area contributed by atoms with E-state index < -0.39 is 0 Å². The van der Waals surface area contributed by atoms with Crippen LogP contribution in [0.25, 0.3) is 0 Å². The summed E-state index contributed by atoms with van der Waals surface area (Å²) in [6, 6.07) is 13.4. The van der Waals surface area contributed by atoms with Crippen molar-refractivity contribution in [2.75, 3.05) is 32.0 Å². The van der Waals surface area contributed by atoms with Crippen LogP contribution in [-0.2, 0) is 11.3 Å². The molecule has 0 spiro atoms. The van der Waals surface area contributed by atoms with Gasteiger partial charge in [-0.3, -0.25) is 14.5 Å². The number of fused-ring (bicyclic) bond motifs is 1. The third-order valence-corrected chi connectivity index (χ3v) is 6.70. The number of benzene rings is 2.